The van der Waals surface area contributed by atoms with Crippen LogP contribution in [0.3, 0.4) is 0 Å². The molecule has 2 aromatic rings. The minimum Gasteiger partial charge on any atom is -0.454 e. The van der Waals surface area contributed by atoms with Gasteiger partial charge in [-0.2, -0.15) is 5.10 Å². The number of aromatic amines is 1. The van der Waals surface area contributed by atoms with Crippen LogP contribution >= 0.6 is 0 Å². The van der Waals surface area contributed by atoms with E-state index in [1.807, 2.05) is 18.2 Å². The quantitative estimate of drug-likeness (QED) is 0.852. The van der Waals surface area contributed by atoms with Gasteiger partial charge < -0.3 is 15.2 Å². The summed E-state index contributed by atoms with van der Waals surface area (Å²) in [6, 6.07) is 5.83. The number of nitrogen functional groups attached to an aromatic ring is 1. The van der Waals surface area contributed by atoms with Crippen molar-refractivity contribution in [1.82, 2.24) is 10.2 Å². The highest BCUT2D eigenvalue weighted by molar-refractivity contribution is 5.71. The second-order valence-electron chi connectivity index (χ2n) is 4.65. The maximum Gasteiger partial charge on any atom is 0.231 e. The van der Waals surface area contributed by atoms with Crippen molar-refractivity contribution in [2.24, 2.45) is 0 Å². The number of ether oxygens (including phenoxy) is 2. The lowest BCUT2D eigenvalue weighted by atomic mass is 9.94. The molecule has 0 radical (unpaired) electrons. The van der Waals surface area contributed by atoms with Gasteiger partial charge in [-0.05, 0) is 23.6 Å². The Morgan fingerprint density at radius 3 is 2.56 bits per heavy atom. The first-order valence-electron chi connectivity index (χ1n) is 5.90. The number of rotatable bonds is 2. The van der Waals surface area contributed by atoms with Gasteiger partial charge in [-0.25, -0.2) is 0 Å². The van der Waals surface area contributed by atoms with Crippen molar-refractivity contribution in [3.8, 4) is 22.8 Å². The molecule has 1 aromatic carbocycles. The van der Waals surface area contributed by atoms with Gasteiger partial charge in [-0.1, -0.05) is 13.8 Å². The molecule has 0 fully saturated rings. The Kier molecular flexibility index (Phi) is 2.40. The van der Waals surface area contributed by atoms with Gasteiger partial charge in [0.15, 0.2) is 11.5 Å². The zero-order valence-corrected chi connectivity index (χ0v) is 10.4. The first-order valence-corrected chi connectivity index (χ1v) is 5.90. The van der Waals surface area contributed by atoms with Gasteiger partial charge >= 0.3 is 0 Å². The summed E-state index contributed by atoms with van der Waals surface area (Å²) in [5.41, 5.74) is 8.79. The highest BCUT2D eigenvalue weighted by Gasteiger charge is 2.20. The standard InChI is InChI=1S/C13H15N3O2/c1-7(2)8-3-11-12(18-6-17-11)4-9(8)10-5-13(14)16-15-10/h3-5,7H,6H2,1-2H3,(H3,14,15,16). The molecule has 94 valence electrons. The molecule has 1 aromatic heterocycles. The van der Waals surface area contributed by atoms with Crippen LogP contribution in [-0.2, 0) is 0 Å². The monoisotopic (exact) mass is 245 g/mol. The normalized spacial score (nSPS) is 13.3. The van der Waals surface area contributed by atoms with E-state index in [9.17, 15) is 0 Å². The molecule has 1 aliphatic rings. The van der Waals surface area contributed by atoms with Crippen LogP contribution in [0.25, 0.3) is 11.3 Å². The van der Waals surface area contributed by atoms with Crippen LogP contribution in [0.1, 0.15) is 25.3 Å². The number of nitrogens with two attached hydrogens (primary N) is 1. The summed E-state index contributed by atoms with van der Waals surface area (Å²) in [5, 5.41) is 6.90. The molecular formula is C13H15N3O2. The molecule has 0 saturated heterocycles. The van der Waals surface area contributed by atoms with Gasteiger partial charge in [0.05, 0.1) is 5.69 Å². The third-order valence-corrected chi connectivity index (χ3v) is 3.05. The number of fused-ring (bicyclic) bond motifs is 1. The fourth-order valence-corrected chi connectivity index (χ4v) is 2.14. The summed E-state index contributed by atoms with van der Waals surface area (Å²) in [4.78, 5) is 0. The summed E-state index contributed by atoms with van der Waals surface area (Å²) in [7, 11) is 0. The minimum atomic E-state index is 0.279. The van der Waals surface area contributed by atoms with E-state index in [-0.39, 0.29) is 6.79 Å². The second-order valence-corrected chi connectivity index (χ2v) is 4.65. The lowest BCUT2D eigenvalue weighted by molar-refractivity contribution is 0.174. The number of nitrogens with one attached hydrogen (secondary N) is 1. The van der Waals surface area contributed by atoms with E-state index in [0.717, 1.165) is 22.8 Å². The van der Waals surface area contributed by atoms with Crippen LogP contribution in [0.15, 0.2) is 18.2 Å². The Labute approximate surface area is 105 Å². The van der Waals surface area contributed by atoms with Crippen LogP contribution in [-0.4, -0.2) is 17.0 Å². The molecule has 5 heteroatoms. The van der Waals surface area contributed by atoms with Gasteiger partial charge in [0.25, 0.3) is 0 Å². The largest absolute Gasteiger partial charge is 0.454 e. The van der Waals surface area contributed by atoms with Gasteiger partial charge in [-0.15, -0.1) is 0 Å². The third kappa shape index (κ3) is 1.68. The van der Waals surface area contributed by atoms with Gasteiger partial charge in [0.1, 0.15) is 5.82 Å². The first-order chi connectivity index (χ1) is 8.65. The third-order valence-electron chi connectivity index (χ3n) is 3.05. The Bertz CT molecular complexity index is 590. The van der Waals surface area contributed by atoms with Gasteiger partial charge in [0, 0.05) is 11.6 Å². The van der Waals surface area contributed by atoms with Gasteiger partial charge in [-0.3, -0.25) is 5.10 Å². The predicted molar refractivity (Wildman–Crippen MR) is 68.6 cm³/mol. The number of anilines is 1. The lowest BCUT2D eigenvalue weighted by Gasteiger charge is -2.12. The van der Waals surface area contributed by atoms with Crippen LogP contribution in [0, 0.1) is 0 Å². The van der Waals surface area contributed by atoms with E-state index in [2.05, 4.69) is 24.0 Å². The molecule has 0 unspecified atom stereocenters. The molecule has 0 atom stereocenters. The second kappa shape index (κ2) is 3.94. The summed E-state index contributed by atoms with van der Waals surface area (Å²) in [5.74, 6) is 2.42. The van der Waals surface area contributed by atoms with Crippen molar-refractivity contribution in [2.45, 2.75) is 19.8 Å². The zero-order valence-electron chi connectivity index (χ0n) is 10.4. The van der Waals surface area contributed by atoms with E-state index in [4.69, 9.17) is 15.2 Å². The summed E-state index contributed by atoms with van der Waals surface area (Å²) in [6.45, 7) is 4.56. The van der Waals surface area contributed by atoms with Crippen LogP contribution < -0.4 is 15.2 Å². The fourth-order valence-electron chi connectivity index (χ4n) is 2.14. The number of aromatic nitrogens is 2. The number of nitrogens with zero attached hydrogens (tertiary/aromatic N) is 1. The van der Waals surface area contributed by atoms with Crippen LogP contribution in [0.5, 0.6) is 11.5 Å². The molecule has 3 N–H and O–H groups in total. The van der Waals surface area contributed by atoms with Crippen molar-refractivity contribution in [2.75, 3.05) is 12.5 Å². The van der Waals surface area contributed by atoms with Crippen LogP contribution in [0.2, 0.25) is 0 Å². The smallest absolute Gasteiger partial charge is 0.231 e. The Hall–Kier alpha value is -2.17. The average Bonchev–Trinajstić information content (AvgIpc) is 2.94. The number of hydrogen-bond acceptors (Lipinski definition) is 4. The highest BCUT2D eigenvalue weighted by atomic mass is 16.7. The number of hydrogen-bond donors (Lipinski definition) is 2. The molecule has 0 aliphatic carbocycles. The van der Waals surface area contributed by atoms with Gasteiger partial charge in [0.2, 0.25) is 6.79 Å². The molecule has 0 amide bonds. The van der Waals surface area contributed by atoms with Crippen molar-refractivity contribution in [1.29, 1.82) is 0 Å². The van der Waals surface area contributed by atoms with Crippen molar-refractivity contribution >= 4 is 5.82 Å². The van der Waals surface area contributed by atoms with E-state index >= 15 is 0 Å². The van der Waals surface area contributed by atoms with Crippen molar-refractivity contribution in [3.05, 3.63) is 23.8 Å². The topological polar surface area (TPSA) is 73.2 Å². The van der Waals surface area contributed by atoms with E-state index in [0.29, 0.717) is 11.7 Å². The number of H-pyrrole nitrogens is 1. The first kappa shape index (κ1) is 11.0. The fraction of sp³-hybridized carbons (Fsp3) is 0.308. The molecule has 0 saturated carbocycles. The molecule has 2 heterocycles. The van der Waals surface area contributed by atoms with Crippen molar-refractivity contribution in [3.63, 3.8) is 0 Å². The molecule has 5 nitrogen and oxygen atoms in total. The van der Waals surface area contributed by atoms with E-state index in [1.54, 1.807) is 0 Å². The summed E-state index contributed by atoms with van der Waals surface area (Å²) >= 11 is 0. The lowest BCUT2D eigenvalue weighted by Crippen LogP contribution is -1.93. The average molecular weight is 245 g/mol. The molecule has 18 heavy (non-hydrogen) atoms. The molecule has 1 aliphatic heterocycles. The summed E-state index contributed by atoms with van der Waals surface area (Å²) in [6.07, 6.45) is 0. The minimum absolute atomic E-state index is 0.279. The number of benzene rings is 1. The van der Waals surface area contributed by atoms with E-state index < -0.39 is 0 Å². The maximum atomic E-state index is 5.66. The van der Waals surface area contributed by atoms with Crippen LogP contribution in [0.4, 0.5) is 5.82 Å². The molecule has 3 rings (SSSR count). The highest BCUT2D eigenvalue weighted by Crippen LogP contribution is 2.40. The summed E-state index contributed by atoms with van der Waals surface area (Å²) < 4.78 is 10.8. The van der Waals surface area contributed by atoms with E-state index in [1.165, 1.54) is 5.56 Å². The molecular weight excluding hydrogens is 230 g/mol. The zero-order chi connectivity index (χ0) is 12.7. The Balaban J connectivity index is 2.17. The molecule has 0 bridgehead atoms. The maximum absolute atomic E-state index is 5.66. The molecule has 0 spiro atoms. The predicted octanol–water partition coefficient (Wildman–Crippen LogP) is 2.51. The Morgan fingerprint density at radius 2 is 1.94 bits per heavy atom. The van der Waals surface area contributed by atoms with Crippen molar-refractivity contribution < 1.29 is 9.47 Å². The Morgan fingerprint density at radius 1 is 1.22 bits per heavy atom. The SMILES string of the molecule is CC(C)c1cc2c(cc1-c1cc(N)n[nH]1)OCO2.